The average molecular weight is 197 g/mol. The van der Waals surface area contributed by atoms with Crippen molar-refractivity contribution in [3.05, 3.63) is 10.1 Å². The maximum atomic E-state index is 11.8. The van der Waals surface area contributed by atoms with Gasteiger partial charge in [-0.1, -0.05) is 13.8 Å². The molecule has 2 saturated carbocycles. The molecule has 2 rings (SSSR count). The number of hydrogen-bond donors (Lipinski definition) is 0. The highest BCUT2D eigenvalue weighted by molar-refractivity contribution is 5.89. The molecule has 0 aromatic rings. The highest BCUT2D eigenvalue weighted by Crippen LogP contribution is 2.63. The fraction of sp³-hybridized carbons (Fsp3) is 0.900. The number of fused-ring (bicyclic) bond motifs is 2. The van der Waals surface area contributed by atoms with Gasteiger partial charge in [0.25, 0.3) is 0 Å². The van der Waals surface area contributed by atoms with Gasteiger partial charge in [0.2, 0.25) is 6.54 Å². The van der Waals surface area contributed by atoms with E-state index in [1.165, 1.54) is 0 Å². The molecule has 4 nitrogen and oxygen atoms in total. The largest absolute Gasteiger partial charge is 0.299 e. The van der Waals surface area contributed by atoms with Crippen LogP contribution in [0.2, 0.25) is 0 Å². The zero-order valence-electron chi connectivity index (χ0n) is 8.58. The van der Waals surface area contributed by atoms with Gasteiger partial charge in [-0.25, -0.2) is 0 Å². The van der Waals surface area contributed by atoms with E-state index in [1.807, 2.05) is 13.8 Å². The van der Waals surface area contributed by atoms with Crippen LogP contribution in [-0.2, 0) is 4.79 Å². The Labute approximate surface area is 82.8 Å². The molecule has 0 saturated heterocycles. The van der Waals surface area contributed by atoms with Crippen LogP contribution in [0, 0.1) is 26.9 Å². The van der Waals surface area contributed by atoms with Crippen molar-refractivity contribution >= 4 is 5.78 Å². The van der Waals surface area contributed by atoms with E-state index in [0.29, 0.717) is 18.8 Å². The Kier molecular flexibility index (Phi) is 1.75. The van der Waals surface area contributed by atoms with Crippen molar-refractivity contribution in [1.29, 1.82) is 0 Å². The third kappa shape index (κ3) is 0.913. The van der Waals surface area contributed by atoms with Crippen molar-refractivity contribution in [2.75, 3.05) is 6.54 Å². The number of carbonyl (C=O) groups is 1. The molecule has 0 amide bonds. The van der Waals surface area contributed by atoms with Gasteiger partial charge in [0.1, 0.15) is 5.78 Å². The lowest BCUT2D eigenvalue weighted by Crippen LogP contribution is -2.42. The molecular weight excluding hydrogens is 182 g/mol. The van der Waals surface area contributed by atoms with E-state index < -0.39 is 5.41 Å². The van der Waals surface area contributed by atoms with Gasteiger partial charge in [-0.05, 0) is 24.2 Å². The molecule has 4 heteroatoms. The molecule has 0 aromatic carbocycles. The molecule has 0 aliphatic heterocycles. The summed E-state index contributed by atoms with van der Waals surface area (Å²) in [6, 6.07) is 0. The molecule has 0 heterocycles. The van der Waals surface area contributed by atoms with Crippen molar-refractivity contribution < 1.29 is 9.72 Å². The van der Waals surface area contributed by atoms with Gasteiger partial charge in [0, 0.05) is 11.3 Å². The Balaban J connectivity index is 2.39. The number of Topliss-reactive ketones (excluding diaryl/α,β-unsaturated/α-hetero) is 1. The molecule has 0 spiro atoms. The molecule has 78 valence electrons. The Morgan fingerprint density at radius 1 is 1.57 bits per heavy atom. The van der Waals surface area contributed by atoms with Crippen LogP contribution in [0.5, 0.6) is 0 Å². The predicted octanol–water partition coefficient (Wildman–Crippen LogP) is 1.66. The summed E-state index contributed by atoms with van der Waals surface area (Å²) < 4.78 is 0. The van der Waals surface area contributed by atoms with Gasteiger partial charge in [-0.2, -0.15) is 0 Å². The van der Waals surface area contributed by atoms with Crippen LogP contribution in [0.15, 0.2) is 0 Å². The lowest BCUT2D eigenvalue weighted by molar-refractivity contribution is -0.497. The fourth-order valence-electron chi connectivity index (χ4n) is 3.36. The smallest absolute Gasteiger partial charge is 0.216 e. The zero-order chi connectivity index (χ0) is 10.6. The highest BCUT2D eigenvalue weighted by atomic mass is 16.6. The number of carbonyl (C=O) groups excluding carboxylic acids is 1. The SMILES string of the molecule is CC1(C)C2CCC1(C[N+](=O)[O-])C(=O)C2. The van der Waals surface area contributed by atoms with E-state index in [4.69, 9.17) is 0 Å². The van der Waals surface area contributed by atoms with Gasteiger partial charge < -0.3 is 0 Å². The van der Waals surface area contributed by atoms with E-state index in [1.54, 1.807) is 0 Å². The quantitative estimate of drug-likeness (QED) is 0.499. The van der Waals surface area contributed by atoms with Gasteiger partial charge in [-0.15, -0.1) is 0 Å². The van der Waals surface area contributed by atoms with Crippen LogP contribution in [-0.4, -0.2) is 17.3 Å². The lowest BCUT2D eigenvalue weighted by Gasteiger charge is -2.32. The van der Waals surface area contributed by atoms with Crippen LogP contribution < -0.4 is 0 Å². The van der Waals surface area contributed by atoms with E-state index in [0.717, 1.165) is 6.42 Å². The second kappa shape index (κ2) is 2.55. The van der Waals surface area contributed by atoms with Crippen molar-refractivity contribution in [3.63, 3.8) is 0 Å². The minimum atomic E-state index is -0.652. The molecule has 2 aliphatic carbocycles. The third-order valence-corrected chi connectivity index (χ3v) is 4.54. The van der Waals surface area contributed by atoms with E-state index >= 15 is 0 Å². The molecule has 0 aromatic heterocycles. The van der Waals surface area contributed by atoms with Crippen molar-refractivity contribution in [1.82, 2.24) is 0 Å². The van der Waals surface area contributed by atoms with E-state index in [-0.39, 0.29) is 22.7 Å². The van der Waals surface area contributed by atoms with E-state index in [9.17, 15) is 14.9 Å². The van der Waals surface area contributed by atoms with Crippen LogP contribution in [0.1, 0.15) is 33.1 Å². The Bertz CT molecular complexity index is 310. The van der Waals surface area contributed by atoms with E-state index in [2.05, 4.69) is 0 Å². The van der Waals surface area contributed by atoms with Gasteiger partial charge in [0.05, 0.1) is 5.41 Å². The summed E-state index contributed by atoms with van der Waals surface area (Å²) in [5.41, 5.74) is -0.821. The third-order valence-electron chi connectivity index (χ3n) is 4.54. The Hall–Kier alpha value is -0.930. The summed E-state index contributed by atoms with van der Waals surface area (Å²) in [5, 5.41) is 10.6. The summed E-state index contributed by atoms with van der Waals surface area (Å²) in [6.07, 6.45) is 2.25. The zero-order valence-corrected chi connectivity index (χ0v) is 8.58. The van der Waals surface area contributed by atoms with Crippen LogP contribution in [0.4, 0.5) is 0 Å². The number of hydrogen-bond acceptors (Lipinski definition) is 3. The molecule has 2 atom stereocenters. The molecule has 0 radical (unpaired) electrons. The molecule has 2 unspecified atom stereocenters. The number of rotatable bonds is 2. The van der Waals surface area contributed by atoms with Crippen LogP contribution in [0.25, 0.3) is 0 Å². The lowest BCUT2D eigenvalue weighted by atomic mass is 9.69. The minimum absolute atomic E-state index is 0.121. The van der Waals surface area contributed by atoms with Crippen LogP contribution in [0.3, 0.4) is 0 Å². The van der Waals surface area contributed by atoms with Crippen molar-refractivity contribution in [2.45, 2.75) is 33.1 Å². The molecule has 2 fully saturated rings. The summed E-state index contributed by atoms with van der Waals surface area (Å²) in [7, 11) is 0. The highest BCUT2D eigenvalue weighted by Gasteiger charge is 2.66. The first-order valence-corrected chi connectivity index (χ1v) is 5.05. The van der Waals surface area contributed by atoms with Crippen molar-refractivity contribution in [2.24, 2.45) is 16.7 Å². The topological polar surface area (TPSA) is 60.2 Å². The monoisotopic (exact) mass is 197 g/mol. The maximum absolute atomic E-state index is 11.8. The first-order chi connectivity index (χ1) is 6.40. The molecule has 0 N–H and O–H groups in total. The summed E-state index contributed by atoms with van der Waals surface area (Å²) in [4.78, 5) is 22.1. The van der Waals surface area contributed by atoms with Gasteiger partial charge in [0.15, 0.2) is 0 Å². The first-order valence-electron chi connectivity index (χ1n) is 5.05. The molecule has 2 aliphatic rings. The molecular formula is C10H15NO3. The second-order valence-electron chi connectivity index (χ2n) is 5.16. The fourth-order valence-corrected chi connectivity index (χ4v) is 3.36. The number of nitrogens with zero attached hydrogens (tertiary/aromatic N) is 1. The number of ketones is 1. The summed E-state index contributed by atoms with van der Waals surface area (Å²) in [5.74, 6) is 0.491. The maximum Gasteiger partial charge on any atom is 0.216 e. The van der Waals surface area contributed by atoms with Gasteiger partial charge >= 0.3 is 0 Å². The summed E-state index contributed by atoms with van der Waals surface area (Å²) in [6.45, 7) is 3.85. The summed E-state index contributed by atoms with van der Waals surface area (Å²) >= 11 is 0. The second-order valence-corrected chi connectivity index (χ2v) is 5.16. The molecule has 2 bridgehead atoms. The Morgan fingerprint density at radius 2 is 2.21 bits per heavy atom. The standard InChI is InChI=1S/C10H15NO3/c1-9(2)7-3-4-10(9,6-11(13)14)8(12)5-7/h7H,3-6H2,1-2H3. The Morgan fingerprint density at radius 3 is 2.57 bits per heavy atom. The van der Waals surface area contributed by atoms with Crippen molar-refractivity contribution in [3.8, 4) is 0 Å². The first kappa shape index (κ1) is 9.62. The van der Waals surface area contributed by atoms with Gasteiger partial charge in [-0.3, -0.25) is 14.9 Å². The molecule has 14 heavy (non-hydrogen) atoms. The minimum Gasteiger partial charge on any atom is -0.299 e. The normalized spacial score (nSPS) is 39.0. The van der Waals surface area contributed by atoms with Crippen LogP contribution >= 0.6 is 0 Å². The number of nitro groups is 1. The predicted molar refractivity (Wildman–Crippen MR) is 50.4 cm³/mol. The average Bonchev–Trinajstić information content (AvgIpc) is 2.36.